The predicted molar refractivity (Wildman–Crippen MR) is 112 cm³/mol. The monoisotopic (exact) mass is 397 g/mol. The summed E-state index contributed by atoms with van der Waals surface area (Å²) in [7, 11) is 1.79. The van der Waals surface area contributed by atoms with Crippen molar-refractivity contribution in [3.8, 4) is 0 Å². The molecule has 3 rings (SSSR count). The van der Waals surface area contributed by atoms with E-state index in [-0.39, 0.29) is 11.9 Å². The first-order chi connectivity index (χ1) is 13.9. The van der Waals surface area contributed by atoms with E-state index in [1.165, 1.54) is 0 Å². The van der Waals surface area contributed by atoms with Gasteiger partial charge in [0.25, 0.3) is 5.91 Å². The lowest BCUT2D eigenvalue weighted by atomic mass is 9.74. The Morgan fingerprint density at radius 3 is 2.66 bits per heavy atom. The van der Waals surface area contributed by atoms with Crippen LogP contribution in [0.25, 0.3) is 0 Å². The minimum absolute atomic E-state index is 0.0714. The molecular formula is C23H31N3O3. The van der Waals surface area contributed by atoms with Gasteiger partial charge in [-0.3, -0.25) is 14.3 Å². The van der Waals surface area contributed by atoms with Gasteiger partial charge in [-0.05, 0) is 56.7 Å². The molecule has 1 aromatic carbocycles. The first kappa shape index (κ1) is 21.1. The van der Waals surface area contributed by atoms with Crippen molar-refractivity contribution in [2.45, 2.75) is 46.5 Å². The molecule has 1 amide bonds. The fourth-order valence-corrected chi connectivity index (χ4v) is 4.21. The number of likely N-dealkylation sites (tertiary alicyclic amines) is 1. The fourth-order valence-electron chi connectivity index (χ4n) is 4.21. The van der Waals surface area contributed by atoms with Crippen LogP contribution in [0.5, 0.6) is 0 Å². The zero-order valence-corrected chi connectivity index (χ0v) is 17.9. The van der Waals surface area contributed by atoms with Crippen molar-refractivity contribution in [1.29, 1.82) is 0 Å². The van der Waals surface area contributed by atoms with E-state index < -0.39 is 5.41 Å². The van der Waals surface area contributed by atoms with Gasteiger partial charge in [0.2, 0.25) is 0 Å². The van der Waals surface area contributed by atoms with Crippen LogP contribution in [0.1, 0.15) is 54.0 Å². The lowest BCUT2D eigenvalue weighted by Crippen LogP contribution is -2.52. The lowest BCUT2D eigenvalue weighted by molar-refractivity contribution is -0.158. The van der Waals surface area contributed by atoms with Crippen molar-refractivity contribution < 1.29 is 14.3 Å². The van der Waals surface area contributed by atoms with E-state index in [0.29, 0.717) is 31.8 Å². The third-order valence-electron chi connectivity index (χ3n) is 5.87. The molecule has 1 atom stereocenters. The number of hydrogen-bond acceptors (Lipinski definition) is 4. The summed E-state index contributed by atoms with van der Waals surface area (Å²) in [4.78, 5) is 28.1. The van der Waals surface area contributed by atoms with Crippen LogP contribution in [0, 0.1) is 12.3 Å². The average Bonchev–Trinajstić information content (AvgIpc) is 3.10. The summed E-state index contributed by atoms with van der Waals surface area (Å²) in [6.45, 7) is 7.25. The van der Waals surface area contributed by atoms with E-state index in [2.05, 4.69) is 24.2 Å². The average molecular weight is 398 g/mol. The molecule has 1 aromatic heterocycles. The van der Waals surface area contributed by atoms with Gasteiger partial charge in [0, 0.05) is 20.1 Å². The van der Waals surface area contributed by atoms with Crippen molar-refractivity contribution in [2.75, 3.05) is 19.7 Å². The predicted octanol–water partition coefficient (Wildman–Crippen LogP) is 3.32. The molecule has 0 aliphatic carbocycles. The van der Waals surface area contributed by atoms with Crippen LogP contribution in [-0.2, 0) is 29.4 Å². The summed E-state index contributed by atoms with van der Waals surface area (Å²) >= 11 is 0. The highest BCUT2D eigenvalue weighted by Crippen LogP contribution is 2.36. The van der Waals surface area contributed by atoms with E-state index in [1.54, 1.807) is 16.6 Å². The molecular weight excluding hydrogens is 366 g/mol. The number of piperidine rings is 1. The third kappa shape index (κ3) is 4.36. The molecule has 1 aliphatic heterocycles. The van der Waals surface area contributed by atoms with Gasteiger partial charge >= 0.3 is 5.97 Å². The van der Waals surface area contributed by atoms with Gasteiger partial charge in [-0.1, -0.05) is 31.2 Å². The van der Waals surface area contributed by atoms with Gasteiger partial charge in [-0.2, -0.15) is 5.10 Å². The Hall–Kier alpha value is -2.63. The Balaban J connectivity index is 1.90. The number of hydrogen-bond donors (Lipinski definition) is 0. The molecule has 29 heavy (non-hydrogen) atoms. The van der Waals surface area contributed by atoms with Crippen LogP contribution in [-0.4, -0.2) is 46.3 Å². The van der Waals surface area contributed by atoms with Gasteiger partial charge in [-0.25, -0.2) is 0 Å². The Labute approximate surface area is 172 Å². The van der Waals surface area contributed by atoms with Gasteiger partial charge in [0.1, 0.15) is 5.69 Å². The van der Waals surface area contributed by atoms with Crippen LogP contribution >= 0.6 is 0 Å². The maximum atomic E-state index is 13.3. The van der Waals surface area contributed by atoms with Crippen molar-refractivity contribution in [1.82, 2.24) is 14.7 Å². The molecule has 1 saturated heterocycles. The zero-order chi connectivity index (χ0) is 21.0. The highest BCUT2D eigenvalue weighted by molar-refractivity contribution is 5.93. The lowest BCUT2D eigenvalue weighted by Gasteiger charge is -2.41. The topological polar surface area (TPSA) is 64.4 Å². The van der Waals surface area contributed by atoms with Gasteiger partial charge < -0.3 is 9.64 Å². The summed E-state index contributed by atoms with van der Waals surface area (Å²) in [5.74, 6) is -0.280. The van der Waals surface area contributed by atoms with E-state index in [1.807, 2.05) is 32.0 Å². The second-order valence-corrected chi connectivity index (χ2v) is 7.93. The number of nitrogens with zero attached hydrogens (tertiary/aromatic N) is 3. The van der Waals surface area contributed by atoms with Crippen molar-refractivity contribution in [3.05, 3.63) is 52.8 Å². The largest absolute Gasteiger partial charge is 0.466 e. The SMILES string of the molecule is CCOC(=O)[C@@]1(Cc2ccccc2C)CCCN(C(=O)c2cc(CC)nn2C)C1. The third-order valence-corrected chi connectivity index (χ3v) is 5.87. The summed E-state index contributed by atoms with van der Waals surface area (Å²) in [6, 6.07) is 9.97. The number of esters is 1. The maximum Gasteiger partial charge on any atom is 0.314 e. The van der Waals surface area contributed by atoms with Crippen LogP contribution in [0.2, 0.25) is 0 Å². The molecule has 156 valence electrons. The molecule has 1 fully saturated rings. The maximum absolute atomic E-state index is 13.3. The highest BCUT2D eigenvalue weighted by atomic mass is 16.5. The second kappa shape index (κ2) is 8.80. The fraction of sp³-hybridized carbons (Fsp3) is 0.522. The molecule has 2 heterocycles. The quantitative estimate of drug-likeness (QED) is 0.702. The van der Waals surface area contributed by atoms with Gasteiger partial charge in [-0.15, -0.1) is 0 Å². The summed E-state index contributed by atoms with van der Waals surface area (Å²) in [5, 5.41) is 4.40. The number of aromatic nitrogens is 2. The van der Waals surface area contributed by atoms with Gasteiger partial charge in [0.05, 0.1) is 17.7 Å². The smallest absolute Gasteiger partial charge is 0.314 e. The molecule has 0 radical (unpaired) electrons. The normalized spacial score (nSPS) is 19.2. The first-order valence-electron chi connectivity index (χ1n) is 10.4. The van der Waals surface area contributed by atoms with Crippen LogP contribution in [0.4, 0.5) is 0 Å². The minimum atomic E-state index is -0.720. The van der Waals surface area contributed by atoms with Crippen LogP contribution < -0.4 is 0 Å². The Morgan fingerprint density at radius 1 is 1.24 bits per heavy atom. The molecule has 6 heteroatoms. The Bertz CT molecular complexity index is 889. The number of benzene rings is 1. The van der Waals surface area contributed by atoms with Crippen molar-refractivity contribution in [2.24, 2.45) is 12.5 Å². The van der Waals surface area contributed by atoms with E-state index in [9.17, 15) is 9.59 Å². The molecule has 1 aliphatic rings. The number of rotatable bonds is 6. The van der Waals surface area contributed by atoms with Crippen LogP contribution in [0.3, 0.4) is 0 Å². The van der Waals surface area contributed by atoms with E-state index >= 15 is 0 Å². The number of carbonyl (C=O) groups is 2. The van der Waals surface area contributed by atoms with E-state index in [4.69, 9.17) is 4.74 Å². The van der Waals surface area contributed by atoms with Crippen LogP contribution in [0.15, 0.2) is 30.3 Å². The highest BCUT2D eigenvalue weighted by Gasteiger charge is 2.45. The molecule has 0 saturated carbocycles. The number of carbonyl (C=O) groups excluding carboxylic acids is 2. The molecule has 6 nitrogen and oxygen atoms in total. The molecule has 0 spiro atoms. The number of ether oxygens (including phenoxy) is 1. The summed E-state index contributed by atoms with van der Waals surface area (Å²) in [5.41, 5.74) is 3.02. The standard InChI is InChI=1S/C23H31N3O3/c1-5-19-14-20(25(4)24-19)21(27)26-13-9-12-23(16-26,22(28)29-6-2)15-18-11-8-7-10-17(18)3/h7-8,10-11,14H,5-6,9,12-13,15-16H2,1-4H3/t23-/m1/s1. The Morgan fingerprint density at radius 2 is 2.00 bits per heavy atom. The van der Waals surface area contributed by atoms with E-state index in [0.717, 1.165) is 36.1 Å². The molecule has 0 N–H and O–H groups in total. The number of aryl methyl sites for hydroxylation is 3. The number of amides is 1. The minimum Gasteiger partial charge on any atom is -0.466 e. The molecule has 0 bridgehead atoms. The first-order valence-corrected chi connectivity index (χ1v) is 10.4. The van der Waals surface area contributed by atoms with Crippen molar-refractivity contribution >= 4 is 11.9 Å². The second-order valence-electron chi connectivity index (χ2n) is 7.93. The Kier molecular flexibility index (Phi) is 6.40. The van der Waals surface area contributed by atoms with Crippen molar-refractivity contribution in [3.63, 3.8) is 0 Å². The summed E-state index contributed by atoms with van der Waals surface area (Å²) < 4.78 is 7.12. The molecule has 0 unspecified atom stereocenters. The summed E-state index contributed by atoms with van der Waals surface area (Å²) in [6.07, 6.45) is 2.85. The van der Waals surface area contributed by atoms with Gasteiger partial charge in [0.15, 0.2) is 0 Å². The molecule has 2 aromatic rings. The zero-order valence-electron chi connectivity index (χ0n) is 17.9.